The van der Waals surface area contributed by atoms with Gasteiger partial charge in [-0.3, -0.25) is 0 Å². The van der Waals surface area contributed by atoms with Crippen molar-refractivity contribution in [1.29, 1.82) is 0 Å². The summed E-state index contributed by atoms with van der Waals surface area (Å²) in [5.74, 6) is 0.950. The molecule has 1 aliphatic rings. The number of nitrogens with one attached hydrogen (secondary N) is 1. The van der Waals surface area contributed by atoms with Crippen molar-refractivity contribution in [2.75, 3.05) is 25.2 Å². The molecule has 4 heterocycles. The first-order valence-corrected chi connectivity index (χ1v) is 8.88. The summed E-state index contributed by atoms with van der Waals surface area (Å²) < 4.78 is 7.40. The number of ether oxygens (including phenoxy) is 1. The summed E-state index contributed by atoms with van der Waals surface area (Å²) in [6.45, 7) is 1.63. The Kier molecular flexibility index (Phi) is 3.60. The van der Waals surface area contributed by atoms with Gasteiger partial charge in [0.25, 0.3) is 0 Å². The SMILES string of the molecule is CN(c1ccc2ncc(-c3ccc4nc[nH]c4c3)n2n1)C1CCOCC1. The molecular weight excluding hydrogens is 328 g/mol. The molecule has 0 saturated carbocycles. The van der Waals surface area contributed by atoms with Gasteiger partial charge in [0.2, 0.25) is 0 Å². The highest BCUT2D eigenvalue weighted by Gasteiger charge is 2.20. The third-order valence-corrected chi connectivity index (χ3v) is 5.16. The van der Waals surface area contributed by atoms with Gasteiger partial charge in [-0.05, 0) is 37.1 Å². The van der Waals surface area contributed by atoms with Gasteiger partial charge >= 0.3 is 0 Å². The maximum Gasteiger partial charge on any atom is 0.154 e. The number of hydrogen-bond acceptors (Lipinski definition) is 5. The predicted octanol–water partition coefficient (Wildman–Crippen LogP) is 2.89. The van der Waals surface area contributed by atoms with E-state index in [1.165, 1.54) is 0 Å². The summed E-state index contributed by atoms with van der Waals surface area (Å²) in [4.78, 5) is 14.2. The standard InChI is InChI=1S/C19H20N6O/c1-24(14-6-8-26-9-7-14)19-5-4-18-20-11-17(25(18)23-19)13-2-3-15-16(10-13)22-12-21-15/h2-5,10-12,14H,6-9H2,1H3,(H,21,22). The van der Waals surface area contributed by atoms with Crippen LogP contribution in [0, 0.1) is 0 Å². The molecule has 0 amide bonds. The molecule has 26 heavy (non-hydrogen) atoms. The van der Waals surface area contributed by atoms with Crippen molar-refractivity contribution >= 4 is 22.5 Å². The number of aromatic nitrogens is 5. The minimum absolute atomic E-state index is 0.460. The number of hydrogen-bond donors (Lipinski definition) is 1. The van der Waals surface area contributed by atoms with Crippen LogP contribution in [0.15, 0.2) is 42.9 Å². The summed E-state index contributed by atoms with van der Waals surface area (Å²) in [7, 11) is 2.11. The van der Waals surface area contributed by atoms with Crippen LogP contribution in [0.4, 0.5) is 5.82 Å². The Morgan fingerprint density at radius 2 is 2.04 bits per heavy atom. The Hall–Kier alpha value is -2.93. The fourth-order valence-electron chi connectivity index (χ4n) is 3.60. The smallest absolute Gasteiger partial charge is 0.154 e. The van der Waals surface area contributed by atoms with Crippen LogP contribution in [0.3, 0.4) is 0 Å². The van der Waals surface area contributed by atoms with Gasteiger partial charge in [-0.2, -0.15) is 0 Å². The van der Waals surface area contributed by atoms with Gasteiger partial charge in [-0.15, -0.1) is 5.10 Å². The van der Waals surface area contributed by atoms with Gasteiger partial charge in [0.1, 0.15) is 5.82 Å². The van der Waals surface area contributed by atoms with E-state index < -0.39 is 0 Å². The minimum Gasteiger partial charge on any atom is -0.381 e. The summed E-state index contributed by atoms with van der Waals surface area (Å²) >= 11 is 0. The Balaban J connectivity index is 1.56. The quantitative estimate of drug-likeness (QED) is 0.616. The number of fused-ring (bicyclic) bond motifs is 2. The van der Waals surface area contributed by atoms with Crippen molar-refractivity contribution in [3.8, 4) is 11.3 Å². The van der Waals surface area contributed by atoms with Gasteiger partial charge in [0, 0.05) is 31.9 Å². The molecule has 1 saturated heterocycles. The average Bonchev–Trinajstić information content (AvgIpc) is 3.33. The zero-order valence-electron chi connectivity index (χ0n) is 14.6. The molecule has 1 aromatic carbocycles. The number of benzene rings is 1. The molecule has 132 valence electrons. The maximum absolute atomic E-state index is 5.48. The molecule has 0 unspecified atom stereocenters. The lowest BCUT2D eigenvalue weighted by Gasteiger charge is -2.31. The third-order valence-electron chi connectivity index (χ3n) is 5.16. The van der Waals surface area contributed by atoms with Gasteiger partial charge in [-0.25, -0.2) is 14.5 Å². The highest BCUT2D eigenvalue weighted by atomic mass is 16.5. The van der Waals surface area contributed by atoms with Crippen molar-refractivity contribution in [3.63, 3.8) is 0 Å². The van der Waals surface area contributed by atoms with E-state index in [0.29, 0.717) is 6.04 Å². The fraction of sp³-hybridized carbons (Fsp3) is 0.316. The molecule has 0 spiro atoms. The summed E-state index contributed by atoms with van der Waals surface area (Å²) in [5.41, 5.74) is 4.84. The van der Waals surface area contributed by atoms with E-state index >= 15 is 0 Å². The Morgan fingerprint density at radius 3 is 2.92 bits per heavy atom. The van der Waals surface area contributed by atoms with E-state index in [0.717, 1.165) is 59.8 Å². The van der Waals surface area contributed by atoms with Crippen LogP contribution in [-0.4, -0.2) is 50.9 Å². The summed E-state index contributed by atoms with van der Waals surface area (Å²) in [6, 6.07) is 10.7. The van der Waals surface area contributed by atoms with Crippen molar-refractivity contribution in [3.05, 3.63) is 42.9 Å². The van der Waals surface area contributed by atoms with E-state index in [1.54, 1.807) is 6.33 Å². The molecule has 1 N–H and O–H groups in total. The van der Waals surface area contributed by atoms with Crippen molar-refractivity contribution < 1.29 is 4.74 Å². The van der Waals surface area contributed by atoms with Crippen LogP contribution in [0.25, 0.3) is 27.9 Å². The van der Waals surface area contributed by atoms with Crippen molar-refractivity contribution in [2.24, 2.45) is 0 Å². The second kappa shape index (κ2) is 6.10. The van der Waals surface area contributed by atoms with Crippen LogP contribution >= 0.6 is 0 Å². The lowest BCUT2D eigenvalue weighted by atomic mass is 10.1. The summed E-state index contributed by atoms with van der Waals surface area (Å²) in [6.07, 6.45) is 5.65. The van der Waals surface area contributed by atoms with Gasteiger partial charge in [0.05, 0.1) is 29.3 Å². The van der Waals surface area contributed by atoms with E-state index in [-0.39, 0.29) is 0 Å². The number of imidazole rings is 2. The van der Waals surface area contributed by atoms with Crippen LogP contribution in [0.5, 0.6) is 0 Å². The normalized spacial score (nSPS) is 15.7. The molecule has 5 rings (SSSR count). The number of anilines is 1. The van der Waals surface area contributed by atoms with E-state index in [1.807, 2.05) is 28.9 Å². The second-order valence-corrected chi connectivity index (χ2v) is 6.69. The van der Waals surface area contributed by atoms with Gasteiger partial charge in [0.15, 0.2) is 5.65 Å². The number of nitrogens with zero attached hydrogens (tertiary/aromatic N) is 5. The Morgan fingerprint density at radius 1 is 1.15 bits per heavy atom. The molecule has 7 nitrogen and oxygen atoms in total. The van der Waals surface area contributed by atoms with Crippen molar-refractivity contribution in [1.82, 2.24) is 24.6 Å². The predicted molar refractivity (Wildman–Crippen MR) is 100 cm³/mol. The van der Waals surface area contributed by atoms with E-state index in [4.69, 9.17) is 9.84 Å². The van der Waals surface area contributed by atoms with Crippen LogP contribution in [0.2, 0.25) is 0 Å². The highest BCUT2D eigenvalue weighted by Crippen LogP contribution is 2.25. The first kappa shape index (κ1) is 15.3. The second-order valence-electron chi connectivity index (χ2n) is 6.69. The highest BCUT2D eigenvalue weighted by molar-refractivity contribution is 5.81. The molecule has 0 aliphatic carbocycles. The molecule has 4 aromatic rings. The number of H-pyrrole nitrogens is 1. The Bertz CT molecular complexity index is 1060. The molecule has 0 atom stereocenters. The zero-order valence-corrected chi connectivity index (χ0v) is 14.6. The zero-order chi connectivity index (χ0) is 17.5. The molecule has 1 aliphatic heterocycles. The first-order valence-electron chi connectivity index (χ1n) is 8.88. The average molecular weight is 348 g/mol. The lowest BCUT2D eigenvalue weighted by Crippen LogP contribution is -2.37. The minimum atomic E-state index is 0.460. The van der Waals surface area contributed by atoms with Crippen LogP contribution < -0.4 is 4.90 Å². The summed E-state index contributed by atoms with van der Waals surface area (Å²) in [5, 5.41) is 4.87. The first-order chi connectivity index (χ1) is 12.8. The van der Waals surface area contributed by atoms with E-state index in [9.17, 15) is 0 Å². The Labute approximate surface area is 150 Å². The lowest BCUT2D eigenvalue weighted by molar-refractivity contribution is 0.0853. The van der Waals surface area contributed by atoms with Crippen molar-refractivity contribution in [2.45, 2.75) is 18.9 Å². The van der Waals surface area contributed by atoms with Crippen LogP contribution in [-0.2, 0) is 4.74 Å². The van der Waals surface area contributed by atoms with Gasteiger partial charge in [-0.1, -0.05) is 6.07 Å². The molecule has 0 bridgehead atoms. The maximum atomic E-state index is 5.48. The van der Waals surface area contributed by atoms with E-state index in [2.05, 4.69) is 39.0 Å². The third kappa shape index (κ3) is 2.52. The number of aromatic amines is 1. The fourth-order valence-corrected chi connectivity index (χ4v) is 3.60. The molecular formula is C19H20N6O. The molecule has 3 aromatic heterocycles. The number of rotatable bonds is 3. The molecule has 1 fully saturated rings. The van der Waals surface area contributed by atoms with Gasteiger partial charge < -0.3 is 14.6 Å². The van der Waals surface area contributed by atoms with Crippen LogP contribution in [0.1, 0.15) is 12.8 Å². The molecule has 0 radical (unpaired) electrons. The molecule has 7 heteroatoms. The monoisotopic (exact) mass is 348 g/mol. The largest absolute Gasteiger partial charge is 0.381 e. The topological polar surface area (TPSA) is 71.3 Å².